The molecule has 1 fully saturated rings. The molecule has 1 saturated carbocycles. The van der Waals surface area contributed by atoms with Crippen molar-refractivity contribution >= 4 is 16.7 Å². The van der Waals surface area contributed by atoms with Crippen molar-refractivity contribution in [1.29, 1.82) is 0 Å². The number of hydrogen-bond donors (Lipinski definition) is 1. The topological polar surface area (TPSA) is 103 Å². The first-order valence-corrected chi connectivity index (χ1v) is 8.62. The molecule has 2 heterocycles. The maximum Gasteiger partial charge on any atom is 0.275 e. The summed E-state index contributed by atoms with van der Waals surface area (Å²) in [5.41, 5.74) is 0.412. The number of nitrogens with one attached hydrogen (secondary N) is 1. The van der Waals surface area contributed by atoms with Crippen LogP contribution in [0.3, 0.4) is 0 Å². The van der Waals surface area contributed by atoms with Gasteiger partial charge in [0.15, 0.2) is 5.82 Å². The molecule has 4 rings (SSSR count). The van der Waals surface area contributed by atoms with Gasteiger partial charge < -0.3 is 9.84 Å². The SMILES string of the molecule is Cc1nn(CC(=O)N[C@H](C)c2nc(C3CC3)no2)c(=O)c2ccccc12. The Kier molecular flexibility index (Phi) is 4.02. The van der Waals surface area contributed by atoms with E-state index in [1.807, 2.05) is 19.1 Å². The normalized spacial score (nSPS) is 15.2. The Morgan fingerprint density at radius 1 is 1.35 bits per heavy atom. The maximum atomic E-state index is 12.5. The van der Waals surface area contributed by atoms with Crippen LogP contribution in [0.4, 0.5) is 0 Å². The summed E-state index contributed by atoms with van der Waals surface area (Å²) in [6.45, 7) is 3.42. The maximum absolute atomic E-state index is 12.5. The van der Waals surface area contributed by atoms with Gasteiger partial charge in [0.25, 0.3) is 5.56 Å². The van der Waals surface area contributed by atoms with Crippen molar-refractivity contribution in [3.8, 4) is 0 Å². The van der Waals surface area contributed by atoms with Crippen molar-refractivity contribution in [3.05, 3.63) is 52.0 Å². The highest BCUT2D eigenvalue weighted by Crippen LogP contribution is 2.38. The van der Waals surface area contributed by atoms with Gasteiger partial charge in [0, 0.05) is 11.3 Å². The zero-order valence-corrected chi connectivity index (χ0v) is 14.6. The van der Waals surface area contributed by atoms with Crippen LogP contribution in [-0.4, -0.2) is 25.8 Å². The largest absolute Gasteiger partial charge is 0.343 e. The van der Waals surface area contributed by atoms with E-state index in [4.69, 9.17) is 4.52 Å². The summed E-state index contributed by atoms with van der Waals surface area (Å²) in [6.07, 6.45) is 2.16. The highest BCUT2D eigenvalue weighted by molar-refractivity contribution is 5.83. The lowest BCUT2D eigenvalue weighted by Gasteiger charge is -2.11. The van der Waals surface area contributed by atoms with Gasteiger partial charge in [-0.05, 0) is 32.8 Å². The van der Waals surface area contributed by atoms with Gasteiger partial charge in [-0.1, -0.05) is 23.4 Å². The van der Waals surface area contributed by atoms with Crippen LogP contribution in [0.25, 0.3) is 10.8 Å². The molecule has 0 radical (unpaired) electrons. The molecule has 0 aliphatic heterocycles. The summed E-state index contributed by atoms with van der Waals surface area (Å²) < 4.78 is 6.40. The van der Waals surface area contributed by atoms with Gasteiger partial charge in [-0.2, -0.15) is 10.1 Å². The Labute approximate surface area is 149 Å². The molecule has 1 aliphatic rings. The smallest absolute Gasteiger partial charge is 0.275 e. The number of carbonyl (C=O) groups excluding carboxylic acids is 1. The van der Waals surface area contributed by atoms with Crippen molar-refractivity contribution in [1.82, 2.24) is 25.2 Å². The highest BCUT2D eigenvalue weighted by Gasteiger charge is 2.29. The van der Waals surface area contributed by atoms with Crippen molar-refractivity contribution in [3.63, 3.8) is 0 Å². The summed E-state index contributed by atoms with van der Waals surface area (Å²) in [4.78, 5) is 29.2. The number of fused-ring (bicyclic) bond motifs is 1. The summed E-state index contributed by atoms with van der Waals surface area (Å²) in [7, 11) is 0. The number of aryl methyl sites for hydroxylation is 1. The van der Waals surface area contributed by atoms with Crippen LogP contribution in [-0.2, 0) is 11.3 Å². The minimum absolute atomic E-state index is 0.168. The first kappa shape index (κ1) is 16.4. The first-order chi connectivity index (χ1) is 12.5. The summed E-state index contributed by atoms with van der Waals surface area (Å²) in [6, 6.07) is 6.80. The minimum atomic E-state index is -0.431. The Hall–Kier alpha value is -3.03. The van der Waals surface area contributed by atoms with E-state index in [0.29, 0.717) is 28.7 Å². The quantitative estimate of drug-likeness (QED) is 0.751. The molecular formula is C18H19N5O3. The van der Waals surface area contributed by atoms with Crippen LogP contribution >= 0.6 is 0 Å². The summed E-state index contributed by atoms with van der Waals surface area (Å²) in [5.74, 6) is 1.12. The van der Waals surface area contributed by atoms with Gasteiger partial charge in [0.1, 0.15) is 12.6 Å². The van der Waals surface area contributed by atoms with Crippen LogP contribution < -0.4 is 10.9 Å². The van der Waals surface area contributed by atoms with Crippen molar-refractivity contribution in [2.75, 3.05) is 0 Å². The number of carbonyl (C=O) groups is 1. The molecule has 1 atom stereocenters. The third-order valence-electron chi connectivity index (χ3n) is 4.49. The number of aromatic nitrogens is 4. The third-order valence-corrected chi connectivity index (χ3v) is 4.49. The van der Waals surface area contributed by atoms with Crippen molar-refractivity contribution in [2.24, 2.45) is 0 Å². The molecule has 26 heavy (non-hydrogen) atoms. The van der Waals surface area contributed by atoms with Gasteiger partial charge in [0.05, 0.1) is 11.1 Å². The van der Waals surface area contributed by atoms with Gasteiger partial charge >= 0.3 is 0 Å². The monoisotopic (exact) mass is 353 g/mol. The van der Waals surface area contributed by atoms with E-state index in [0.717, 1.165) is 18.2 Å². The molecule has 0 bridgehead atoms. The number of amides is 1. The average molecular weight is 353 g/mol. The summed E-state index contributed by atoms with van der Waals surface area (Å²) >= 11 is 0. The number of nitrogens with zero attached hydrogens (tertiary/aromatic N) is 4. The van der Waals surface area contributed by atoms with Crippen LogP contribution in [0.15, 0.2) is 33.6 Å². The minimum Gasteiger partial charge on any atom is -0.343 e. The standard InChI is InChI=1S/C18H19N5O3/c1-10-13-5-3-4-6-14(13)18(25)23(21-10)9-15(24)19-11(2)17-20-16(22-26-17)12-7-8-12/h3-6,11-12H,7-9H2,1-2H3,(H,19,24)/t11-/m1/s1. The van der Waals surface area contributed by atoms with Crippen LogP contribution in [0.2, 0.25) is 0 Å². The molecule has 1 aliphatic carbocycles. The molecular weight excluding hydrogens is 334 g/mol. The van der Waals surface area contributed by atoms with Crippen LogP contribution in [0, 0.1) is 6.92 Å². The third kappa shape index (κ3) is 3.10. The van der Waals surface area contributed by atoms with E-state index < -0.39 is 6.04 Å². The number of hydrogen-bond acceptors (Lipinski definition) is 6. The molecule has 1 amide bonds. The fourth-order valence-electron chi connectivity index (χ4n) is 2.93. The van der Waals surface area contributed by atoms with Crippen LogP contribution in [0.1, 0.15) is 49.1 Å². The van der Waals surface area contributed by atoms with E-state index in [9.17, 15) is 9.59 Å². The number of rotatable bonds is 5. The Bertz CT molecular complexity index is 1030. The Balaban J connectivity index is 1.49. The van der Waals surface area contributed by atoms with Gasteiger partial charge in [-0.25, -0.2) is 4.68 Å². The molecule has 1 aromatic carbocycles. The van der Waals surface area contributed by atoms with Crippen molar-refractivity contribution in [2.45, 2.75) is 45.2 Å². The molecule has 0 saturated heterocycles. The summed E-state index contributed by atoms with van der Waals surface area (Å²) in [5, 5.41) is 12.3. The lowest BCUT2D eigenvalue weighted by molar-refractivity contribution is -0.122. The molecule has 3 aromatic rings. The molecule has 0 spiro atoms. The predicted octanol–water partition coefficient (Wildman–Crippen LogP) is 1.84. The lowest BCUT2D eigenvalue weighted by atomic mass is 10.1. The van der Waals surface area contributed by atoms with Gasteiger partial charge in [-0.15, -0.1) is 0 Å². The van der Waals surface area contributed by atoms with E-state index in [2.05, 4.69) is 20.6 Å². The second-order valence-corrected chi connectivity index (χ2v) is 6.65. The average Bonchev–Trinajstić information content (AvgIpc) is 3.36. The van der Waals surface area contributed by atoms with Gasteiger partial charge in [0.2, 0.25) is 11.8 Å². The molecule has 134 valence electrons. The van der Waals surface area contributed by atoms with Crippen molar-refractivity contribution < 1.29 is 9.32 Å². The zero-order valence-electron chi connectivity index (χ0n) is 14.6. The van der Waals surface area contributed by atoms with E-state index in [-0.39, 0.29) is 18.0 Å². The fourth-order valence-corrected chi connectivity index (χ4v) is 2.93. The second-order valence-electron chi connectivity index (χ2n) is 6.65. The van der Waals surface area contributed by atoms with Crippen LogP contribution in [0.5, 0.6) is 0 Å². The molecule has 1 N–H and O–H groups in total. The fraction of sp³-hybridized carbons (Fsp3) is 0.389. The predicted molar refractivity (Wildman–Crippen MR) is 93.6 cm³/mol. The van der Waals surface area contributed by atoms with E-state index in [1.165, 1.54) is 4.68 Å². The Morgan fingerprint density at radius 2 is 2.08 bits per heavy atom. The van der Waals surface area contributed by atoms with Gasteiger partial charge in [-0.3, -0.25) is 9.59 Å². The molecule has 8 heteroatoms. The van der Waals surface area contributed by atoms with E-state index >= 15 is 0 Å². The molecule has 2 aromatic heterocycles. The first-order valence-electron chi connectivity index (χ1n) is 8.62. The lowest BCUT2D eigenvalue weighted by Crippen LogP contribution is -2.35. The second kappa shape index (κ2) is 6.36. The highest BCUT2D eigenvalue weighted by atomic mass is 16.5. The Morgan fingerprint density at radius 3 is 2.81 bits per heavy atom. The van der Waals surface area contributed by atoms with E-state index in [1.54, 1.807) is 19.1 Å². The number of benzene rings is 1. The molecule has 8 nitrogen and oxygen atoms in total. The molecule has 0 unspecified atom stereocenters. The zero-order chi connectivity index (χ0) is 18.3.